The van der Waals surface area contributed by atoms with Crippen molar-refractivity contribution in [1.29, 1.82) is 0 Å². The van der Waals surface area contributed by atoms with Crippen LogP contribution in [0.1, 0.15) is 127 Å². The van der Waals surface area contributed by atoms with Crippen molar-refractivity contribution in [2.45, 2.75) is 78.3 Å². The molecule has 0 spiro atoms. The fourth-order valence-electron chi connectivity index (χ4n) is 9.38. The molecule has 8 rings (SSSR count). The van der Waals surface area contributed by atoms with Crippen LogP contribution < -0.4 is 0 Å². The molecule has 2 aliphatic rings. The summed E-state index contributed by atoms with van der Waals surface area (Å²) in [5.41, 5.74) is 6.02. The number of thiophene rings is 2. The Morgan fingerprint density at radius 2 is 0.783 bits per heavy atom. The molecule has 21 nitrogen and oxygen atoms in total. The summed E-state index contributed by atoms with van der Waals surface area (Å²) < 4.78 is 53.4. The minimum Gasteiger partial charge on any atom is -0.469 e. The maximum Gasteiger partial charge on any atom is 0.308 e. The summed E-state index contributed by atoms with van der Waals surface area (Å²) in [7, 11) is 2.68. The highest BCUT2D eigenvalue weighted by Crippen LogP contribution is 2.42. The van der Waals surface area contributed by atoms with Crippen molar-refractivity contribution in [2.24, 2.45) is 9.98 Å². The molecule has 0 saturated heterocycles. The van der Waals surface area contributed by atoms with Crippen molar-refractivity contribution < 1.29 is 61.8 Å². The second kappa shape index (κ2) is 31.3. The third-order valence-electron chi connectivity index (χ3n) is 13.5. The maximum atomic E-state index is 13.7. The normalized spacial score (nSPS) is 14.5. The molecule has 83 heavy (non-hydrogen) atoms. The molecule has 0 unspecified atom stereocenters. The number of nitrogens with zero attached hydrogens (tertiary/aromatic N) is 8. The van der Waals surface area contributed by atoms with E-state index in [-0.39, 0.29) is 24.4 Å². The van der Waals surface area contributed by atoms with Crippen molar-refractivity contribution in [3.8, 4) is 10.0 Å². The van der Waals surface area contributed by atoms with Gasteiger partial charge in [-0.15, -0.1) is 43.1 Å². The van der Waals surface area contributed by atoms with Gasteiger partial charge in [-0.2, -0.15) is 0 Å². The zero-order valence-electron chi connectivity index (χ0n) is 47.4. The molecule has 0 N–H and O–H groups in total. The summed E-state index contributed by atoms with van der Waals surface area (Å²) >= 11 is 15.2. The van der Waals surface area contributed by atoms with Crippen molar-refractivity contribution in [1.82, 2.24) is 29.5 Å². The molecule has 0 fully saturated rings. The van der Waals surface area contributed by atoms with Crippen LogP contribution in [0.2, 0.25) is 10.0 Å². The third kappa shape index (κ3) is 16.3. The Labute approximate surface area is 499 Å². The Morgan fingerprint density at radius 1 is 0.470 bits per heavy atom. The first-order chi connectivity index (χ1) is 40.3. The van der Waals surface area contributed by atoms with Gasteiger partial charge in [0.1, 0.15) is 33.7 Å². The van der Waals surface area contributed by atoms with E-state index >= 15 is 0 Å². The fraction of sp³-hybridized carbons (Fsp3) is 0.483. The van der Waals surface area contributed by atoms with Crippen LogP contribution >= 0.6 is 45.9 Å². The minimum absolute atomic E-state index is 0.00375. The number of esters is 2. The van der Waals surface area contributed by atoms with E-state index < -0.39 is 24.0 Å². The lowest BCUT2D eigenvalue weighted by atomic mass is 9.98. The fourth-order valence-corrected chi connectivity index (χ4v) is 12.3. The molecule has 6 aromatic rings. The average Bonchev–Trinajstić information content (AvgIpc) is 3.43. The van der Waals surface area contributed by atoms with Crippen LogP contribution in [0.4, 0.5) is 0 Å². The Bertz CT molecular complexity index is 3030. The van der Waals surface area contributed by atoms with Gasteiger partial charge in [-0.1, -0.05) is 47.5 Å². The molecule has 25 heteroatoms. The number of benzene rings is 2. The monoisotopic (exact) mass is 1220 g/mol. The van der Waals surface area contributed by atoms with Crippen LogP contribution in [0.3, 0.4) is 0 Å². The van der Waals surface area contributed by atoms with Crippen molar-refractivity contribution in [3.05, 3.63) is 125 Å². The average molecular weight is 1220 g/mol. The molecule has 2 atom stereocenters. The number of halogens is 2. The van der Waals surface area contributed by atoms with Gasteiger partial charge in [0.05, 0.1) is 128 Å². The number of Topliss-reactive ketones (excluding diaryl/α,β-unsaturated/α-hetero) is 2. The lowest BCUT2D eigenvalue weighted by Gasteiger charge is -2.12. The molecule has 0 amide bonds. The maximum absolute atomic E-state index is 13.7. The number of aromatic nitrogens is 6. The van der Waals surface area contributed by atoms with Gasteiger partial charge in [0.2, 0.25) is 0 Å². The standard InChI is InChI=1S/C58H68Cl2N8O13S2/c1-35-49-51(39-11-15-41(59)16-12-39)61-43(33-47(71)73-5)55-65-63-37(3)67(55)57(49)82-53(35)45(69)9-7-19-75-21-23-77-25-27-79-29-31-81-32-30-80-28-26-78-24-22-76-20-8-10-46(70)54-36(2)50-52(40-13-17-42(60)18-14-40)62-44(34-48(72)74-6)56-66-64-38(4)68(56)58(50)83-54/h11-18,43-44H,7-10,19-34H2,1-6H3/t43-,44-/m0/s1. The van der Waals surface area contributed by atoms with Gasteiger partial charge < -0.3 is 42.6 Å². The first-order valence-electron chi connectivity index (χ1n) is 27.3. The number of methoxy groups -OCH3 is 2. The number of ether oxygens (including phenoxy) is 9. The van der Waals surface area contributed by atoms with E-state index in [9.17, 15) is 19.2 Å². The number of aryl methyl sites for hydroxylation is 2. The summed E-state index contributed by atoms with van der Waals surface area (Å²) in [6.07, 6.45) is 1.61. The number of fused-ring (bicyclic) bond motifs is 6. The van der Waals surface area contributed by atoms with E-state index in [1.54, 1.807) is 24.3 Å². The summed E-state index contributed by atoms with van der Waals surface area (Å²) in [6.45, 7) is 13.2. The summed E-state index contributed by atoms with van der Waals surface area (Å²) in [6, 6.07) is 13.3. The number of aliphatic imine (C=N–C) groups is 2. The van der Waals surface area contributed by atoms with Gasteiger partial charge in [0.15, 0.2) is 23.2 Å². The number of hydrogen-bond acceptors (Lipinski definition) is 21. The summed E-state index contributed by atoms with van der Waals surface area (Å²) in [5.74, 6) is 1.37. The number of ketones is 2. The topological polar surface area (TPSA) is 237 Å². The van der Waals surface area contributed by atoms with Gasteiger partial charge in [-0.3, -0.25) is 38.3 Å². The highest BCUT2D eigenvalue weighted by Gasteiger charge is 2.36. The molecule has 2 aliphatic heterocycles. The number of hydrogen-bond donors (Lipinski definition) is 0. The van der Waals surface area contributed by atoms with E-state index in [4.69, 9.17) is 75.8 Å². The Hall–Kier alpha value is -5.96. The van der Waals surface area contributed by atoms with Crippen LogP contribution in [0.5, 0.6) is 0 Å². The Morgan fingerprint density at radius 3 is 1.10 bits per heavy atom. The van der Waals surface area contributed by atoms with Crippen LogP contribution in [0, 0.1) is 27.7 Å². The third-order valence-corrected chi connectivity index (χ3v) is 16.7. The molecule has 444 valence electrons. The molecule has 0 radical (unpaired) electrons. The Balaban J connectivity index is 0.634. The molecular weight excluding hydrogens is 1150 g/mol. The van der Waals surface area contributed by atoms with E-state index in [1.807, 2.05) is 61.1 Å². The van der Waals surface area contributed by atoms with E-state index in [0.717, 1.165) is 43.4 Å². The van der Waals surface area contributed by atoms with Crippen LogP contribution in [-0.2, 0) is 52.2 Å². The second-order valence-corrected chi connectivity index (χ2v) is 22.1. The largest absolute Gasteiger partial charge is 0.469 e. The molecule has 0 bridgehead atoms. The van der Waals surface area contributed by atoms with E-state index in [2.05, 4.69) is 20.4 Å². The summed E-state index contributed by atoms with van der Waals surface area (Å²) in [5, 5.41) is 20.1. The molecule has 2 aromatic carbocycles. The van der Waals surface area contributed by atoms with Gasteiger partial charge in [0.25, 0.3) is 0 Å². The molecule has 6 heterocycles. The molecule has 0 aliphatic carbocycles. The van der Waals surface area contributed by atoms with Crippen LogP contribution in [0.25, 0.3) is 10.0 Å². The first kappa shape index (κ1) is 63.1. The van der Waals surface area contributed by atoms with Gasteiger partial charge in [-0.25, -0.2) is 0 Å². The van der Waals surface area contributed by atoms with Crippen LogP contribution in [0.15, 0.2) is 58.5 Å². The van der Waals surface area contributed by atoms with Crippen molar-refractivity contribution in [2.75, 3.05) is 107 Å². The number of carbonyl (C=O) groups is 4. The molecular formula is C58H68Cl2N8O13S2. The lowest BCUT2D eigenvalue weighted by Crippen LogP contribution is -2.14. The highest BCUT2D eigenvalue weighted by molar-refractivity contribution is 7.17. The zero-order chi connectivity index (χ0) is 58.8. The lowest BCUT2D eigenvalue weighted by molar-refractivity contribution is -0.142. The first-order valence-corrected chi connectivity index (χ1v) is 29.7. The van der Waals surface area contributed by atoms with Crippen molar-refractivity contribution in [3.63, 3.8) is 0 Å². The van der Waals surface area contributed by atoms with E-state index in [1.165, 1.54) is 36.9 Å². The molecule has 0 saturated carbocycles. The quantitative estimate of drug-likeness (QED) is 0.0208. The highest BCUT2D eigenvalue weighted by atomic mass is 35.5. The van der Waals surface area contributed by atoms with Gasteiger partial charge in [-0.05, 0) is 75.9 Å². The second-order valence-electron chi connectivity index (χ2n) is 19.3. The van der Waals surface area contributed by atoms with Crippen molar-refractivity contribution >= 4 is 80.8 Å². The van der Waals surface area contributed by atoms with E-state index in [0.29, 0.717) is 173 Å². The summed E-state index contributed by atoms with van der Waals surface area (Å²) in [4.78, 5) is 63.8. The van der Waals surface area contributed by atoms with Gasteiger partial charge in [0, 0.05) is 58.4 Å². The van der Waals surface area contributed by atoms with Gasteiger partial charge >= 0.3 is 11.9 Å². The number of rotatable bonds is 34. The zero-order valence-corrected chi connectivity index (χ0v) is 50.5. The minimum atomic E-state index is -0.655. The SMILES string of the molecule is COC(=O)C[C@@H]1N=C(c2ccc(Cl)cc2)c2c(sc(C(=O)CCCOCCOCCOCCOCCOCCOCCOCCCC(=O)c3sc4c(c3C)C(c3ccc(Cl)cc3)=N[C@@H](CC(=O)OC)c3nnc(C)n3-4)c2C)-n2c(C)nnc21. The molecule has 4 aromatic heterocycles. The predicted molar refractivity (Wildman–Crippen MR) is 313 cm³/mol. The Kier molecular flexibility index (Phi) is 23.8. The predicted octanol–water partition coefficient (Wildman–Crippen LogP) is 9.16. The smallest absolute Gasteiger partial charge is 0.308 e. The van der Waals surface area contributed by atoms with Crippen LogP contribution in [-0.4, -0.2) is 171 Å². The number of carbonyl (C=O) groups excluding carboxylic acids is 4.